The SMILES string of the molecule is CCCN(CC(=O)NCCCC(=O)O)C1CCCNC1. The van der Waals surface area contributed by atoms with Gasteiger partial charge in [-0.15, -0.1) is 0 Å². The molecular formula is C14H27N3O3. The molecule has 3 N–H and O–H groups in total. The van der Waals surface area contributed by atoms with Crippen LogP contribution in [0.25, 0.3) is 0 Å². The summed E-state index contributed by atoms with van der Waals surface area (Å²) in [6, 6.07) is 0.438. The maximum Gasteiger partial charge on any atom is 0.303 e. The molecule has 1 unspecified atom stereocenters. The number of hydrogen-bond acceptors (Lipinski definition) is 4. The second-order valence-electron chi connectivity index (χ2n) is 5.32. The van der Waals surface area contributed by atoms with E-state index in [0.717, 1.165) is 38.9 Å². The van der Waals surface area contributed by atoms with Crippen molar-refractivity contribution in [3.05, 3.63) is 0 Å². The lowest BCUT2D eigenvalue weighted by Gasteiger charge is -2.34. The summed E-state index contributed by atoms with van der Waals surface area (Å²) in [5.74, 6) is -0.824. The van der Waals surface area contributed by atoms with E-state index in [-0.39, 0.29) is 12.3 Å². The highest BCUT2D eigenvalue weighted by atomic mass is 16.4. The first kappa shape index (κ1) is 16.9. The summed E-state index contributed by atoms with van der Waals surface area (Å²) in [4.78, 5) is 24.5. The van der Waals surface area contributed by atoms with Crippen molar-refractivity contribution in [3.8, 4) is 0 Å². The van der Waals surface area contributed by atoms with Crippen LogP contribution >= 0.6 is 0 Å². The van der Waals surface area contributed by atoms with E-state index in [1.54, 1.807) is 0 Å². The van der Waals surface area contributed by atoms with Gasteiger partial charge < -0.3 is 15.7 Å². The van der Waals surface area contributed by atoms with Gasteiger partial charge in [-0.25, -0.2) is 0 Å². The summed E-state index contributed by atoms with van der Waals surface area (Å²) >= 11 is 0. The van der Waals surface area contributed by atoms with Crippen molar-refractivity contribution in [2.75, 3.05) is 32.7 Å². The zero-order valence-corrected chi connectivity index (χ0v) is 12.4. The Morgan fingerprint density at radius 3 is 2.85 bits per heavy atom. The van der Waals surface area contributed by atoms with Gasteiger partial charge in [0.25, 0.3) is 0 Å². The van der Waals surface area contributed by atoms with Crippen LogP contribution in [0.3, 0.4) is 0 Å². The minimum atomic E-state index is -0.819. The number of carboxylic acids is 1. The molecule has 20 heavy (non-hydrogen) atoms. The zero-order valence-electron chi connectivity index (χ0n) is 12.4. The molecule has 1 saturated heterocycles. The second-order valence-corrected chi connectivity index (χ2v) is 5.32. The van der Waals surface area contributed by atoms with Crippen LogP contribution in [0.4, 0.5) is 0 Å². The summed E-state index contributed by atoms with van der Waals surface area (Å²) in [6.07, 6.45) is 3.92. The number of piperidine rings is 1. The van der Waals surface area contributed by atoms with Gasteiger partial charge in [-0.05, 0) is 38.8 Å². The summed E-state index contributed by atoms with van der Waals surface area (Å²) < 4.78 is 0. The number of nitrogens with one attached hydrogen (secondary N) is 2. The quantitative estimate of drug-likeness (QED) is 0.535. The van der Waals surface area contributed by atoms with Crippen molar-refractivity contribution in [3.63, 3.8) is 0 Å². The Morgan fingerprint density at radius 1 is 1.45 bits per heavy atom. The van der Waals surface area contributed by atoms with Crippen LogP contribution in [-0.4, -0.2) is 60.6 Å². The molecule has 0 spiro atoms. The predicted molar refractivity (Wildman–Crippen MR) is 77.6 cm³/mol. The lowest BCUT2D eigenvalue weighted by Crippen LogP contribution is -2.49. The minimum Gasteiger partial charge on any atom is -0.481 e. The summed E-state index contributed by atoms with van der Waals surface area (Å²) in [7, 11) is 0. The fraction of sp³-hybridized carbons (Fsp3) is 0.857. The zero-order chi connectivity index (χ0) is 14.8. The Morgan fingerprint density at radius 2 is 2.25 bits per heavy atom. The van der Waals surface area contributed by atoms with Crippen LogP contribution in [0.2, 0.25) is 0 Å². The summed E-state index contributed by atoms with van der Waals surface area (Å²) in [5, 5.41) is 14.7. The normalized spacial score (nSPS) is 19.0. The van der Waals surface area contributed by atoms with E-state index in [4.69, 9.17) is 5.11 Å². The molecule has 0 aromatic heterocycles. The van der Waals surface area contributed by atoms with Crippen LogP contribution < -0.4 is 10.6 Å². The fourth-order valence-electron chi connectivity index (χ4n) is 2.53. The highest BCUT2D eigenvalue weighted by molar-refractivity contribution is 5.78. The standard InChI is InChI=1S/C14H27N3O3/c1-2-9-17(12-5-3-7-15-10-12)11-13(18)16-8-4-6-14(19)20/h12,15H,2-11H2,1H3,(H,16,18)(H,19,20). The number of aliphatic carboxylic acids is 1. The Labute approximate surface area is 120 Å². The number of nitrogens with zero attached hydrogens (tertiary/aromatic N) is 1. The molecule has 6 nitrogen and oxygen atoms in total. The molecule has 1 heterocycles. The largest absolute Gasteiger partial charge is 0.481 e. The van der Waals surface area contributed by atoms with Gasteiger partial charge in [0.15, 0.2) is 0 Å². The third kappa shape index (κ3) is 6.86. The Bertz CT molecular complexity index is 304. The Balaban J connectivity index is 2.28. The lowest BCUT2D eigenvalue weighted by atomic mass is 10.1. The molecule has 0 aromatic rings. The third-order valence-corrected chi connectivity index (χ3v) is 3.53. The van der Waals surface area contributed by atoms with E-state index in [2.05, 4.69) is 22.5 Å². The number of hydrogen-bond donors (Lipinski definition) is 3. The van der Waals surface area contributed by atoms with Gasteiger partial charge in [0.2, 0.25) is 5.91 Å². The Kier molecular flexibility index (Phi) is 8.22. The van der Waals surface area contributed by atoms with Crippen molar-refractivity contribution in [2.24, 2.45) is 0 Å². The van der Waals surface area contributed by atoms with E-state index in [0.29, 0.717) is 25.6 Å². The van der Waals surface area contributed by atoms with Crippen LogP contribution in [-0.2, 0) is 9.59 Å². The number of rotatable bonds is 9. The van der Waals surface area contributed by atoms with Gasteiger partial charge in [0.1, 0.15) is 0 Å². The molecule has 6 heteroatoms. The maximum absolute atomic E-state index is 11.9. The molecular weight excluding hydrogens is 258 g/mol. The second kappa shape index (κ2) is 9.72. The number of carboxylic acid groups (broad SMARTS) is 1. The van der Waals surface area contributed by atoms with Crippen LogP contribution in [0.5, 0.6) is 0 Å². The van der Waals surface area contributed by atoms with Gasteiger partial charge in [0.05, 0.1) is 6.54 Å². The van der Waals surface area contributed by atoms with Crippen molar-refractivity contribution in [1.29, 1.82) is 0 Å². The Hall–Kier alpha value is -1.14. The van der Waals surface area contributed by atoms with Gasteiger partial charge >= 0.3 is 5.97 Å². The van der Waals surface area contributed by atoms with E-state index in [1.807, 2.05) is 0 Å². The van der Waals surface area contributed by atoms with E-state index < -0.39 is 5.97 Å². The van der Waals surface area contributed by atoms with E-state index in [9.17, 15) is 9.59 Å². The van der Waals surface area contributed by atoms with Crippen LogP contribution in [0, 0.1) is 0 Å². The molecule has 116 valence electrons. The van der Waals surface area contributed by atoms with Gasteiger partial charge in [-0.1, -0.05) is 6.92 Å². The molecule has 1 amide bonds. The molecule has 0 saturated carbocycles. The monoisotopic (exact) mass is 285 g/mol. The van der Waals surface area contributed by atoms with Crippen molar-refractivity contribution in [1.82, 2.24) is 15.5 Å². The van der Waals surface area contributed by atoms with E-state index >= 15 is 0 Å². The fourth-order valence-corrected chi connectivity index (χ4v) is 2.53. The van der Waals surface area contributed by atoms with E-state index in [1.165, 1.54) is 0 Å². The van der Waals surface area contributed by atoms with Gasteiger partial charge in [0, 0.05) is 25.6 Å². The van der Waals surface area contributed by atoms with Gasteiger partial charge in [-0.3, -0.25) is 14.5 Å². The summed E-state index contributed by atoms with van der Waals surface area (Å²) in [6.45, 7) is 5.91. The lowest BCUT2D eigenvalue weighted by molar-refractivity contribution is -0.137. The van der Waals surface area contributed by atoms with Crippen LogP contribution in [0.15, 0.2) is 0 Å². The molecule has 1 aliphatic rings. The summed E-state index contributed by atoms with van der Waals surface area (Å²) in [5.41, 5.74) is 0. The first-order valence-corrected chi connectivity index (χ1v) is 7.56. The van der Waals surface area contributed by atoms with Crippen LogP contribution in [0.1, 0.15) is 39.0 Å². The smallest absolute Gasteiger partial charge is 0.303 e. The predicted octanol–water partition coefficient (Wildman–Crippen LogP) is 0.431. The minimum absolute atomic E-state index is 0.00517. The molecule has 1 fully saturated rings. The molecule has 0 radical (unpaired) electrons. The van der Waals surface area contributed by atoms with Crippen molar-refractivity contribution in [2.45, 2.75) is 45.1 Å². The topological polar surface area (TPSA) is 81.7 Å². The molecule has 1 atom stereocenters. The third-order valence-electron chi connectivity index (χ3n) is 3.53. The molecule has 1 aliphatic heterocycles. The maximum atomic E-state index is 11.9. The average Bonchev–Trinajstić information content (AvgIpc) is 2.44. The molecule has 0 aromatic carbocycles. The highest BCUT2D eigenvalue weighted by Crippen LogP contribution is 2.10. The number of carbonyl (C=O) groups excluding carboxylic acids is 1. The molecule has 0 aliphatic carbocycles. The van der Waals surface area contributed by atoms with Gasteiger partial charge in [-0.2, -0.15) is 0 Å². The van der Waals surface area contributed by atoms with Crippen molar-refractivity contribution >= 4 is 11.9 Å². The number of carbonyl (C=O) groups is 2. The average molecular weight is 285 g/mol. The molecule has 0 bridgehead atoms. The number of amides is 1. The van der Waals surface area contributed by atoms with Crippen molar-refractivity contribution < 1.29 is 14.7 Å². The highest BCUT2D eigenvalue weighted by Gasteiger charge is 2.21. The first-order valence-electron chi connectivity index (χ1n) is 7.56. The first-order chi connectivity index (χ1) is 9.63. The molecule has 1 rings (SSSR count).